The van der Waals surface area contributed by atoms with Crippen molar-refractivity contribution in [1.82, 2.24) is 19.9 Å². The van der Waals surface area contributed by atoms with Crippen LogP contribution in [0.3, 0.4) is 0 Å². The van der Waals surface area contributed by atoms with Crippen molar-refractivity contribution in [2.45, 2.75) is 19.3 Å². The van der Waals surface area contributed by atoms with Crippen LogP contribution in [-0.4, -0.2) is 52.3 Å². The minimum atomic E-state index is -4.36. The van der Waals surface area contributed by atoms with E-state index in [4.69, 9.17) is 9.47 Å². The Balaban J connectivity index is 1.52. The Morgan fingerprint density at radius 2 is 1.88 bits per heavy atom. The molecule has 0 saturated carbocycles. The zero-order valence-corrected chi connectivity index (χ0v) is 13.8. The number of morpholine rings is 1. The van der Waals surface area contributed by atoms with Gasteiger partial charge in [-0.1, -0.05) is 17.3 Å². The fraction of sp³-hybridized carbons (Fsp3) is 0.438. The molecule has 7 nitrogen and oxygen atoms in total. The summed E-state index contributed by atoms with van der Waals surface area (Å²) in [5.74, 6) is 0. The van der Waals surface area contributed by atoms with Gasteiger partial charge in [-0.05, 0) is 17.7 Å². The molecule has 3 rings (SSSR count). The van der Waals surface area contributed by atoms with Crippen LogP contribution in [0, 0.1) is 0 Å². The van der Waals surface area contributed by atoms with Gasteiger partial charge in [0.2, 0.25) is 0 Å². The number of aromatic nitrogens is 3. The topological polar surface area (TPSA) is 69.5 Å². The second-order valence-corrected chi connectivity index (χ2v) is 5.76. The lowest BCUT2D eigenvalue weighted by atomic mass is 10.1. The summed E-state index contributed by atoms with van der Waals surface area (Å²) in [5.41, 5.74) is 0.411. The molecule has 1 aliphatic rings. The Morgan fingerprint density at radius 3 is 2.54 bits per heavy atom. The molecule has 1 aliphatic heterocycles. The molecule has 0 radical (unpaired) electrons. The van der Waals surface area contributed by atoms with Crippen LogP contribution in [0.25, 0.3) is 0 Å². The molecule has 1 aromatic heterocycles. The molecule has 0 aliphatic carbocycles. The lowest BCUT2D eigenvalue weighted by molar-refractivity contribution is -0.137. The summed E-state index contributed by atoms with van der Waals surface area (Å²) in [5, 5.41) is 7.79. The quantitative estimate of drug-likeness (QED) is 0.826. The standard InChI is InChI=1S/C16H17F3N4O3/c17-16(18,19)13-3-1-12(2-4-13)9-23-10-14(20-21-23)11-26-15(24)22-5-7-25-8-6-22/h1-4,10H,5-9,11H2. The van der Waals surface area contributed by atoms with Crippen molar-refractivity contribution in [2.24, 2.45) is 0 Å². The predicted octanol–water partition coefficient (Wildman–Crippen LogP) is 2.31. The zero-order valence-electron chi connectivity index (χ0n) is 13.8. The van der Waals surface area contributed by atoms with Gasteiger partial charge < -0.3 is 14.4 Å². The molecule has 26 heavy (non-hydrogen) atoms. The van der Waals surface area contributed by atoms with Crippen LogP contribution >= 0.6 is 0 Å². The minimum absolute atomic E-state index is 0.0246. The van der Waals surface area contributed by atoms with Gasteiger partial charge in [-0.15, -0.1) is 5.10 Å². The smallest absolute Gasteiger partial charge is 0.416 e. The van der Waals surface area contributed by atoms with Crippen LogP contribution in [0.15, 0.2) is 30.5 Å². The Bertz CT molecular complexity index is 740. The van der Waals surface area contributed by atoms with E-state index >= 15 is 0 Å². The second kappa shape index (κ2) is 7.73. The summed E-state index contributed by atoms with van der Waals surface area (Å²) >= 11 is 0. The Kier molecular flexibility index (Phi) is 5.40. The molecule has 0 unspecified atom stereocenters. The van der Waals surface area contributed by atoms with Crippen LogP contribution in [0.1, 0.15) is 16.8 Å². The van der Waals surface area contributed by atoms with Crippen molar-refractivity contribution in [3.8, 4) is 0 Å². The number of hydrogen-bond donors (Lipinski definition) is 0. The van der Waals surface area contributed by atoms with Gasteiger partial charge >= 0.3 is 12.3 Å². The molecule has 2 heterocycles. The first-order valence-corrected chi connectivity index (χ1v) is 7.96. The highest BCUT2D eigenvalue weighted by atomic mass is 19.4. The Hall–Kier alpha value is -2.62. The molecule has 0 N–H and O–H groups in total. The maximum atomic E-state index is 12.6. The minimum Gasteiger partial charge on any atom is -0.443 e. The summed E-state index contributed by atoms with van der Waals surface area (Å²) in [6.45, 7) is 2.18. The molecule has 1 saturated heterocycles. The number of rotatable bonds is 4. The van der Waals surface area contributed by atoms with E-state index in [9.17, 15) is 18.0 Å². The lowest BCUT2D eigenvalue weighted by Crippen LogP contribution is -2.40. The summed E-state index contributed by atoms with van der Waals surface area (Å²) in [6, 6.07) is 4.83. The number of hydrogen-bond acceptors (Lipinski definition) is 5. The highest BCUT2D eigenvalue weighted by molar-refractivity contribution is 5.67. The highest BCUT2D eigenvalue weighted by Crippen LogP contribution is 2.29. The summed E-state index contributed by atoms with van der Waals surface area (Å²) < 4.78 is 49.5. The molecule has 0 bridgehead atoms. The van der Waals surface area contributed by atoms with E-state index in [1.807, 2.05) is 0 Å². The molecular formula is C16H17F3N4O3. The number of halogens is 3. The van der Waals surface area contributed by atoms with E-state index in [2.05, 4.69) is 10.3 Å². The average molecular weight is 370 g/mol. The van der Waals surface area contributed by atoms with Crippen LogP contribution in [0.5, 0.6) is 0 Å². The first-order valence-electron chi connectivity index (χ1n) is 7.96. The van der Waals surface area contributed by atoms with E-state index in [-0.39, 0.29) is 13.2 Å². The van der Waals surface area contributed by atoms with Crippen LogP contribution in [-0.2, 0) is 28.8 Å². The number of alkyl halides is 3. The van der Waals surface area contributed by atoms with Crippen molar-refractivity contribution in [3.05, 3.63) is 47.3 Å². The number of amides is 1. The van der Waals surface area contributed by atoms with Crippen molar-refractivity contribution in [3.63, 3.8) is 0 Å². The fourth-order valence-electron chi connectivity index (χ4n) is 2.44. The van der Waals surface area contributed by atoms with Gasteiger partial charge in [-0.2, -0.15) is 13.2 Å². The van der Waals surface area contributed by atoms with Crippen molar-refractivity contribution >= 4 is 6.09 Å². The predicted molar refractivity (Wildman–Crippen MR) is 83.1 cm³/mol. The maximum Gasteiger partial charge on any atom is 0.416 e. The molecule has 0 spiro atoms. The number of nitrogens with zero attached hydrogens (tertiary/aromatic N) is 4. The molecular weight excluding hydrogens is 353 g/mol. The highest BCUT2D eigenvalue weighted by Gasteiger charge is 2.29. The van der Waals surface area contributed by atoms with Crippen LogP contribution < -0.4 is 0 Å². The summed E-state index contributed by atoms with van der Waals surface area (Å²) in [4.78, 5) is 13.4. The number of carbonyl (C=O) groups excluding carboxylic acids is 1. The molecule has 140 valence electrons. The third-order valence-electron chi connectivity index (χ3n) is 3.82. The Morgan fingerprint density at radius 1 is 1.19 bits per heavy atom. The maximum absolute atomic E-state index is 12.6. The molecule has 0 atom stereocenters. The zero-order chi connectivity index (χ0) is 18.6. The van der Waals surface area contributed by atoms with Crippen LogP contribution in [0.2, 0.25) is 0 Å². The van der Waals surface area contributed by atoms with Crippen LogP contribution in [0.4, 0.5) is 18.0 Å². The first-order chi connectivity index (χ1) is 12.4. The molecule has 1 aromatic carbocycles. The SMILES string of the molecule is O=C(OCc1cn(Cc2ccc(C(F)(F)F)cc2)nn1)N1CCOCC1. The summed E-state index contributed by atoms with van der Waals surface area (Å²) in [7, 11) is 0. The van der Waals surface area contributed by atoms with Gasteiger partial charge in [-0.25, -0.2) is 9.48 Å². The van der Waals surface area contributed by atoms with Crippen molar-refractivity contribution < 1.29 is 27.4 Å². The molecule has 1 fully saturated rings. The largest absolute Gasteiger partial charge is 0.443 e. The lowest BCUT2D eigenvalue weighted by Gasteiger charge is -2.25. The van der Waals surface area contributed by atoms with E-state index < -0.39 is 17.8 Å². The van der Waals surface area contributed by atoms with Gasteiger partial charge in [-0.3, -0.25) is 0 Å². The van der Waals surface area contributed by atoms with Gasteiger partial charge in [0.1, 0.15) is 12.3 Å². The van der Waals surface area contributed by atoms with E-state index in [1.165, 1.54) is 16.8 Å². The average Bonchev–Trinajstić information content (AvgIpc) is 3.07. The van der Waals surface area contributed by atoms with Gasteiger partial charge in [0.05, 0.1) is 31.5 Å². The monoisotopic (exact) mass is 370 g/mol. The van der Waals surface area contributed by atoms with E-state index in [0.717, 1.165) is 12.1 Å². The normalized spacial score (nSPS) is 15.1. The van der Waals surface area contributed by atoms with E-state index in [1.54, 1.807) is 11.1 Å². The molecule has 1 amide bonds. The third kappa shape index (κ3) is 4.72. The van der Waals surface area contributed by atoms with Gasteiger partial charge in [0, 0.05) is 13.1 Å². The summed E-state index contributed by atoms with van der Waals surface area (Å²) in [6.07, 6.45) is -3.21. The second-order valence-electron chi connectivity index (χ2n) is 5.76. The Labute approximate surface area is 147 Å². The first kappa shape index (κ1) is 18.2. The van der Waals surface area contributed by atoms with Gasteiger partial charge in [0.15, 0.2) is 0 Å². The number of carbonyl (C=O) groups is 1. The molecule has 2 aromatic rings. The third-order valence-corrected chi connectivity index (χ3v) is 3.82. The molecule has 10 heteroatoms. The van der Waals surface area contributed by atoms with Crippen molar-refractivity contribution in [2.75, 3.05) is 26.3 Å². The van der Waals surface area contributed by atoms with Gasteiger partial charge in [0.25, 0.3) is 0 Å². The number of ether oxygens (including phenoxy) is 2. The van der Waals surface area contributed by atoms with Crippen molar-refractivity contribution in [1.29, 1.82) is 0 Å². The fourth-order valence-corrected chi connectivity index (χ4v) is 2.44. The number of benzene rings is 1. The van der Waals surface area contributed by atoms with E-state index in [0.29, 0.717) is 37.6 Å².